The van der Waals surface area contributed by atoms with E-state index < -0.39 is 5.97 Å². The first-order chi connectivity index (χ1) is 10.9. The largest absolute Gasteiger partial charge is 0.481 e. The first kappa shape index (κ1) is 17.5. The van der Waals surface area contributed by atoms with E-state index in [-0.39, 0.29) is 30.6 Å². The van der Waals surface area contributed by atoms with Crippen LogP contribution < -0.4 is 4.90 Å². The molecule has 1 aliphatic heterocycles. The topological polar surface area (TPSA) is 77.9 Å². The van der Waals surface area contributed by atoms with Crippen LogP contribution in [0.5, 0.6) is 0 Å². The molecule has 0 aliphatic carbocycles. The standard InChI is InChI=1S/C16H19BrN2O4/c1-18(8-4-7-15(21)22)16(23)11-9-14(20)19(10-11)13-6-3-2-5-12(13)17/h2-3,5-6,11H,4,7-10H2,1H3,(H,21,22). The van der Waals surface area contributed by atoms with Gasteiger partial charge in [0.2, 0.25) is 11.8 Å². The number of hydrogen-bond acceptors (Lipinski definition) is 3. The second kappa shape index (κ2) is 7.59. The third-order valence-electron chi connectivity index (χ3n) is 3.88. The zero-order chi connectivity index (χ0) is 17.0. The number of aliphatic carboxylic acids is 1. The molecule has 1 saturated heterocycles. The van der Waals surface area contributed by atoms with Gasteiger partial charge in [-0.3, -0.25) is 14.4 Å². The third kappa shape index (κ3) is 4.31. The van der Waals surface area contributed by atoms with Crippen molar-refractivity contribution in [2.24, 2.45) is 5.92 Å². The summed E-state index contributed by atoms with van der Waals surface area (Å²) in [5.74, 6) is -1.45. The van der Waals surface area contributed by atoms with Gasteiger partial charge >= 0.3 is 5.97 Å². The molecular weight excluding hydrogens is 364 g/mol. The van der Waals surface area contributed by atoms with E-state index in [4.69, 9.17) is 5.11 Å². The van der Waals surface area contributed by atoms with E-state index in [0.717, 1.165) is 10.2 Å². The average molecular weight is 383 g/mol. The molecule has 2 rings (SSSR count). The van der Waals surface area contributed by atoms with Gasteiger partial charge in [0.25, 0.3) is 0 Å². The fourth-order valence-corrected chi connectivity index (χ4v) is 3.16. The normalized spacial score (nSPS) is 17.4. The summed E-state index contributed by atoms with van der Waals surface area (Å²) >= 11 is 3.42. The predicted molar refractivity (Wildman–Crippen MR) is 89.1 cm³/mol. The fourth-order valence-electron chi connectivity index (χ4n) is 2.67. The van der Waals surface area contributed by atoms with Crippen molar-refractivity contribution in [2.75, 3.05) is 25.0 Å². The number of rotatable bonds is 6. The highest BCUT2D eigenvalue weighted by Crippen LogP contribution is 2.31. The molecule has 7 heteroatoms. The minimum Gasteiger partial charge on any atom is -0.481 e. The van der Waals surface area contributed by atoms with Crippen molar-refractivity contribution in [2.45, 2.75) is 19.3 Å². The van der Waals surface area contributed by atoms with Gasteiger partial charge in [-0.1, -0.05) is 12.1 Å². The van der Waals surface area contributed by atoms with Crippen LogP contribution in [0.15, 0.2) is 28.7 Å². The SMILES string of the molecule is CN(CCCC(=O)O)C(=O)C1CC(=O)N(c2ccccc2Br)C1. The van der Waals surface area contributed by atoms with Crippen LogP contribution in [0.3, 0.4) is 0 Å². The van der Waals surface area contributed by atoms with Crippen molar-refractivity contribution in [3.8, 4) is 0 Å². The van der Waals surface area contributed by atoms with Crippen molar-refractivity contribution >= 4 is 39.4 Å². The molecular formula is C16H19BrN2O4. The highest BCUT2D eigenvalue weighted by molar-refractivity contribution is 9.10. The number of carboxylic acid groups (broad SMARTS) is 1. The molecule has 1 atom stereocenters. The van der Waals surface area contributed by atoms with Gasteiger partial charge in [-0.25, -0.2) is 0 Å². The molecule has 1 aromatic carbocycles. The average Bonchev–Trinajstić information content (AvgIpc) is 2.88. The number of benzene rings is 1. The van der Waals surface area contributed by atoms with Gasteiger partial charge in [-0.15, -0.1) is 0 Å². The maximum Gasteiger partial charge on any atom is 0.303 e. The van der Waals surface area contributed by atoms with Crippen LogP contribution >= 0.6 is 15.9 Å². The number of carbonyl (C=O) groups is 3. The highest BCUT2D eigenvalue weighted by Gasteiger charge is 2.36. The summed E-state index contributed by atoms with van der Waals surface area (Å²) in [6.07, 6.45) is 0.625. The molecule has 6 nitrogen and oxygen atoms in total. The lowest BCUT2D eigenvalue weighted by molar-refractivity contribution is -0.138. The zero-order valence-electron chi connectivity index (χ0n) is 12.9. The molecule has 2 amide bonds. The Hall–Kier alpha value is -1.89. The molecule has 1 aliphatic rings. The van der Waals surface area contributed by atoms with Crippen LogP contribution in [0.2, 0.25) is 0 Å². The second-order valence-electron chi connectivity index (χ2n) is 5.61. The van der Waals surface area contributed by atoms with E-state index in [0.29, 0.717) is 19.5 Å². The van der Waals surface area contributed by atoms with E-state index in [1.807, 2.05) is 24.3 Å². The van der Waals surface area contributed by atoms with Crippen LogP contribution in [-0.2, 0) is 14.4 Å². The molecule has 1 fully saturated rings. The molecule has 0 radical (unpaired) electrons. The second-order valence-corrected chi connectivity index (χ2v) is 6.47. The van der Waals surface area contributed by atoms with Crippen molar-refractivity contribution in [3.05, 3.63) is 28.7 Å². The summed E-state index contributed by atoms with van der Waals surface area (Å²) in [6.45, 7) is 0.731. The van der Waals surface area contributed by atoms with Gasteiger partial charge in [0.1, 0.15) is 0 Å². The Kier molecular flexibility index (Phi) is 5.76. The monoisotopic (exact) mass is 382 g/mol. The van der Waals surface area contributed by atoms with Crippen molar-refractivity contribution in [3.63, 3.8) is 0 Å². The highest BCUT2D eigenvalue weighted by atomic mass is 79.9. The number of halogens is 1. The van der Waals surface area contributed by atoms with Crippen molar-refractivity contribution in [1.82, 2.24) is 4.90 Å². The van der Waals surface area contributed by atoms with Crippen LogP contribution in [0.25, 0.3) is 0 Å². The maximum atomic E-state index is 12.4. The van der Waals surface area contributed by atoms with Crippen LogP contribution in [0, 0.1) is 5.92 Å². The summed E-state index contributed by atoms with van der Waals surface area (Å²) in [4.78, 5) is 38.3. The van der Waals surface area contributed by atoms with Gasteiger partial charge in [-0.05, 0) is 34.5 Å². The van der Waals surface area contributed by atoms with Gasteiger partial charge in [0.05, 0.1) is 11.6 Å². The molecule has 0 aromatic heterocycles. The van der Waals surface area contributed by atoms with Crippen molar-refractivity contribution < 1.29 is 19.5 Å². The van der Waals surface area contributed by atoms with E-state index in [1.54, 1.807) is 11.9 Å². The first-order valence-corrected chi connectivity index (χ1v) is 8.21. The Labute approximate surface area is 143 Å². The summed E-state index contributed by atoms with van der Waals surface area (Å²) in [7, 11) is 1.65. The molecule has 0 saturated carbocycles. The number of carboxylic acids is 1. The summed E-state index contributed by atoms with van der Waals surface area (Å²) in [5.41, 5.74) is 0.765. The number of amides is 2. The van der Waals surface area contributed by atoms with E-state index >= 15 is 0 Å². The van der Waals surface area contributed by atoms with E-state index in [1.165, 1.54) is 4.90 Å². The Morgan fingerprint density at radius 3 is 2.74 bits per heavy atom. The number of hydrogen-bond donors (Lipinski definition) is 1. The first-order valence-electron chi connectivity index (χ1n) is 7.42. The van der Waals surface area contributed by atoms with Crippen LogP contribution in [0.4, 0.5) is 5.69 Å². The summed E-state index contributed by atoms with van der Waals surface area (Å²) in [5, 5.41) is 8.64. The molecule has 124 valence electrons. The van der Waals surface area contributed by atoms with Crippen LogP contribution in [-0.4, -0.2) is 47.9 Å². The Morgan fingerprint density at radius 1 is 1.39 bits per heavy atom. The minimum absolute atomic E-state index is 0.0320. The number of para-hydroxylation sites is 1. The molecule has 1 unspecified atom stereocenters. The molecule has 0 spiro atoms. The molecule has 0 bridgehead atoms. The fraction of sp³-hybridized carbons (Fsp3) is 0.438. The Balaban J connectivity index is 1.98. The summed E-state index contributed by atoms with van der Waals surface area (Å²) < 4.78 is 0.816. The predicted octanol–water partition coefficient (Wildman–Crippen LogP) is 2.13. The van der Waals surface area contributed by atoms with Gasteiger partial charge < -0.3 is 14.9 Å². The third-order valence-corrected chi connectivity index (χ3v) is 4.55. The summed E-state index contributed by atoms with van der Waals surface area (Å²) in [6, 6.07) is 7.41. The van der Waals surface area contributed by atoms with Gasteiger partial charge in [0, 0.05) is 37.5 Å². The molecule has 1 heterocycles. The Morgan fingerprint density at radius 2 is 2.09 bits per heavy atom. The molecule has 1 aromatic rings. The quantitative estimate of drug-likeness (QED) is 0.817. The molecule has 23 heavy (non-hydrogen) atoms. The molecule has 1 N–H and O–H groups in total. The lowest BCUT2D eigenvalue weighted by Gasteiger charge is -2.21. The van der Waals surface area contributed by atoms with Gasteiger partial charge in [0.15, 0.2) is 0 Å². The Bertz CT molecular complexity index is 620. The maximum absolute atomic E-state index is 12.4. The number of nitrogens with zero attached hydrogens (tertiary/aromatic N) is 2. The van der Waals surface area contributed by atoms with E-state index in [9.17, 15) is 14.4 Å². The minimum atomic E-state index is -0.873. The lowest BCUT2D eigenvalue weighted by Crippen LogP contribution is -2.35. The van der Waals surface area contributed by atoms with Gasteiger partial charge in [-0.2, -0.15) is 0 Å². The lowest BCUT2D eigenvalue weighted by atomic mass is 10.1. The van der Waals surface area contributed by atoms with E-state index in [2.05, 4.69) is 15.9 Å². The zero-order valence-corrected chi connectivity index (χ0v) is 14.5. The van der Waals surface area contributed by atoms with Crippen LogP contribution in [0.1, 0.15) is 19.3 Å². The number of carbonyl (C=O) groups excluding carboxylic acids is 2. The smallest absolute Gasteiger partial charge is 0.303 e. The number of anilines is 1. The van der Waals surface area contributed by atoms with Crippen molar-refractivity contribution in [1.29, 1.82) is 0 Å².